The van der Waals surface area contributed by atoms with Crippen LogP contribution in [0.15, 0.2) is 181 Å². The second kappa shape index (κ2) is 13.5. The predicted molar refractivity (Wildman–Crippen MR) is 243 cm³/mol. The summed E-state index contributed by atoms with van der Waals surface area (Å²) in [6.45, 7) is 4.83. The molecule has 2 unspecified atom stereocenters. The molecule has 0 fully saturated rings. The summed E-state index contributed by atoms with van der Waals surface area (Å²) < 4.78 is 2.57. The van der Waals surface area contributed by atoms with E-state index in [9.17, 15) is 0 Å². The fraction of sp³-hybridized carbons (Fsp3) is 0.200. The largest absolute Gasteiger partial charge is 0.334 e. The molecule has 278 valence electrons. The van der Waals surface area contributed by atoms with Gasteiger partial charge in [-0.25, -0.2) is 0 Å². The molecular formula is C55H48N2. The predicted octanol–water partition coefficient (Wildman–Crippen LogP) is 14.7. The van der Waals surface area contributed by atoms with Crippen LogP contribution in [0.2, 0.25) is 0 Å². The molecule has 7 aromatic rings. The Balaban J connectivity index is 0.998. The van der Waals surface area contributed by atoms with Crippen molar-refractivity contribution in [2.75, 3.05) is 4.90 Å². The summed E-state index contributed by atoms with van der Waals surface area (Å²) in [5.74, 6) is 0.352. The van der Waals surface area contributed by atoms with Gasteiger partial charge in [0.05, 0.1) is 17.1 Å². The SMILES string of the molecule is CC1(C)C2=C(CCC=C2)c2c(N(c3ccc(-c4ccccc4)cc3)C3C=CC(C4=CCCC=C4n4c5ccccc5c5c6ccccc6ccc54)CC3)cccc21. The van der Waals surface area contributed by atoms with Crippen LogP contribution in [0.5, 0.6) is 0 Å². The van der Waals surface area contributed by atoms with Gasteiger partial charge < -0.3 is 9.47 Å². The standard InChI is InChI=1S/C55H48N2/c1-55(2)47-22-11-8-20-45(47)54-48(55)23-14-26-51(54)56(41-32-27-38(28-33-41)37-15-4-3-5-16-37)42-34-29-40(30-35-42)43-18-9-12-24-49(43)57-50-25-13-10-21-46(50)53-44-19-7-6-17-39(44)31-36-52(53)57/h3-7,10-11,13-19,21-29,31-34,36,40,42H,8-9,12,20,30,35H2,1-2H3. The van der Waals surface area contributed by atoms with Crippen LogP contribution in [0.1, 0.15) is 63.5 Å². The molecule has 0 bridgehead atoms. The smallest absolute Gasteiger partial charge is 0.0547 e. The number of para-hydroxylation sites is 1. The van der Waals surface area contributed by atoms with Crippen LogP contribution in [0.25, 0.3) is 55.0 Å². The first-order chi connectivity index (χ1) is 28.1. The molecular weight excluding hydrogens is 689 g/mol. The Morgan fingerprint density at radius 3 is 2.25 bits per heavy atom. The lowest BCUT2D eigenvalue weighted by atomic mass is 9.80. The summed E-state index contributed by atoms with van der Waals surface area (Å²) >= 11 is 0. The van der Waals surface area contributed by atoms with Crippen LogP contribution in [0.3, 0.4) is 0 Å². The number of benzene rings is 6. The molecule has 0 spiro atoms. The van der Waals surface area contributed by atoms with Crippen LogP contribution in [0, 0.1) is 5.92 Å². The van der Waals surface area contributed by atoms with Gasteiger partial charge in [0.1, 0.15) is 0 Å². The second-order valence-corrected chi connectivity index (χ2v) is 16.9. The monoisotopic (exact) mass is 736 g/mol. The Labute approximate surface area is 336 Å². The first-order valence-corrected chi connectivity index (χ1v) is 21.1. The molecule has 0 amide bonds. The van der Waals surface area contributed by atoms with Gasteiger partial charge in [0.25, 0.3) is 0 Å². The summed E-state index contributed by atoms with van der Waals surface area (Å²) in [6.07, 6.45) is 21.5. The highest BCUT2D eigenvalue weighted by Gasteiger charge is 2.40. The Bertz CT molecular complexity index is 2870. The van der Waals surface area contributed by atoms with E-state index < -0.39 is 0 Å². The highest BCUT2D eigenvalue weighted by atomic mass is 15.2. The molecule has 0 saturated carbocycles. The topological polar surface area (TPSA) is 8.17 Å². The number of fused-ring (bicyclic) bond motifs is 7. The molecule has 2 atom stereocenters. The molecule has 0 radical (unpaired) electrons. The van der Waals surface area contributed by atoms with Crippen LogP contribution in [-0.2, 0) is 5.41 Å². The average Bonchev–Trinajstić information content (AvgIpc) is 3.74. The van der Waals surface area contributed by atoms with Crippen LogP contribution in [-0.4, -0.2) is 10.6 Å². The van der Waals surface area contributed by atoms with E-state index in [4.69, 9.17) is 0 Å². The average molecular weight is 737 g/mol. The van der Waals surface area contributed by atoms with E-state index in [0.717, 1.165) is 38.5 Å². The molecule has 11 rings (SSSR count). The number of anilines is 2. The molecule has 57 heavy (non-hydrogen) atoms. The Kier molecular flexibility index (Phi) is 8.10. The summed E-state index contributed by atoms with van der Waals surface area (Å²) in [4.78, 5) is 2.68. The zero-order valence-corrected chi connectivity index (χ0v) is 33.0. The molecule has 0 N–H and O–H groups in total. The van der Waals surface area contributed by atoms with Crippen molar-refractivity contribution < 1.29 is 0 Å². The van der Waals surface area contributed by atoms with Crippen LogP contribution in [0.4, 0.5) is 11.4 Å². The lowest BCUT2D eigenvalue weighted by molar-refractivity contribution is 0.555. The van der Waals surface area contributed by atoms with Gasteiger partial charge in [-0.05, 0) is 113 Å². The maximum absolute atomic E-state index is 2.68. The summed E-state index contributed by atoms with van der Waals surface area (Å²) in [5.41, 5.74) is 16.5. The molecule has 4 aliphatic rings. The third kappa shape index (κ3) is 5.45. The van der Waals surface area contributed by atoms with Crippen LogP contribution < -0.4 is 4.90 Å². The van der Waals surface area contributed by atoms with E-state index >= 15 is 0 Å². The fourth-order valence-corrected chi connectivity index (χ4v) is 10.7. The summed E-state index contributed by atoms with van der Waals surface area (Å²) in [7, 11) is 0. The molecule has 6 aromatic carbocycles. The number of rotatable bonds is 6. The van der Waals surface area contributed by atoms with Gasteiger partial charge in [0.15, 0.2) is 0 Å². The van der Waals surface area contributed by atoms with Crippen molar-refractivity contribution in [1.82, 2.24) is 4.57 Å². The minimum absolute atomic E-state index is 0.0107. The molecule has 0 aliphatic heterocycles. The van der Waals surface area contributed by atoms with Crippen molar-refractivity contribution in [3.8, 4) is 11.1 Å². The van der Waals surface area contributed by atoms with Gasteiger partial charge in [-0.2, -0.15) is 0 Å². The zero-order chi connectivity index (χ0) is 38.1. The van der Waals surface area contributed by atoms with Crippen molar-refractivity contribution in [3.05, 3.63) is 192 Å². The van der Waals surface area contributed by atoms with E-state index in [1.165, 1.54) is 88.6 Å². The van der Waals surface area contributed by atoms with E-state index in [-0.39, 0.29) is 11.5 Å². The quantitative estimate of drug-likeness (QED) is 0.154. The summed E-state index contributed by atoms with van der Waals surface area (Å²) in [6, 6.07) is 49.9. The summed E-state index contributed by atoms with van der Waals surface area (Å²) in [5, 5.41) is 5.30. The molecule has 2 heteroatoms. The molecule has 1 aromatic heterocycles. The molecule has 2 nitrogen and oxygen atoms in total. The third-order valence-corrected chi connectivity index (χ3v) is 13.4. The van der Waals surface area contributed by atoms with E-state index in [2.05, 4.69) is 193 Å². The van der Waals surface area contributed by atoms with Crippen molar-refractivity contribution in [2.45, 2.75) is 63.8 Å². The Hall–Kier alpha value is -6.12. The minimum atomic E-state index is -0.0107. The first-order valence-electron chi connectivity index (χ1n) is 21.1. The number of hydrogen-bond acceptors (Lipinski definition) is 1. The maximum Gasteiger partial charge on any atom is 0.0547 e. The van der Waals surface area contributed by atoms with Gasteiger partial charge in [-0.1, -0.05) is 153 Å². The molecule has 0 saturated heterocycles. The van der Waals surface area contributed by atoms with E-state index in [0.29, 0.717) is 5.92 Å². The lowest BCUT2D eigenvalue weighted by Crippen LogP contribution is -2.33. The van der Waals surface area contributed by atoms with Gasteiger partial charge in [0, 0.05) is 44.7 Å². The zero-order valence-electron chi connectivity index (χ0n) is 33.0. The Morgan fingerprint density at radius 1 is 0.632 bits per heavy atom. The van der Waals surface area contributed by atoms with Gasteiger partial charge >= 0.3 is 0 Å². The van der Waals surface area contributed by atoms with Gasteiger partial charge in [-0.15, -0.1) is 0 Å². The molecule has 1 heterocycles. The second-order valence-electron chi connectivity index (χ2n) is 16.9. The van der Waals surface area contributed by atoms with Crippen molar-refractivity contribution in [3.63, 3.8) is 0 Å². The fourth-order valence-electron chi connectivity index (χ4n) is 10.7. The number of aromatic nitrogens is 1. The van der Waals surface area contributed by atoms with Crippen LogP contribution >= 0.6 is 0 Å². The van der Waals surface area contributed by atoms with Gasteiger partial charge in [-0.3, -0.25) is 0 Å². The van der Waals surface area contributed by atoms with Crippen molar-refractivity contribution in [2.24, 2.45) is 5.92 Å². The third-order valence-electron chi connectivity index (χ3n) is 13.4. The maximum atomic E-state index is 2.68. The lowest BCUT2D eigenvalue weighted by Gasteiger charge is -2.38. The van der Waals surface area contributed by atoms with Crippen molar-refractivity contribution in [1.29, 1.82) is 0 Å². The normalized spacial score (nSPS) is 19.8. The minimum Gasteiger partial charge on any atom is -0.334 e. The van der Waals surface area contributed by atoms with Crippen molar-refractivity contribution >= 4 is 55.2 Å². The number of nitrogens with zero attached hydrogens (tertiary/aromatic N) is 2. The number of allylic oxidation sites excluding steroid dienone is 9. The van der Waals surface area contributed by atoms with E-state index in [1.54, 1.807) is 0 Å². The highest BCUT2D eigenvalue weighted by Crippen LogP contribution is 2.54. The van der Waals surface area contributed by atoms with Gasteiger partial charge in [0.2, 0.25) is 0 Å². The molecule has 4 aliphatic carbocycles. The Morgan fingerprint density at radius 2 is 1.40 bits per heavy atom. The van der Waals surface area contributed by atoms with E-state index in [1.807, 2.05) is 0 Å². The number of hydrogen-bond donors (Lipinski definition) is 0. The highest BCUT2D eigenvalue weighted by molar-refractivity contribution is 6.22. The first kappa shape index (κ1) is 34.2.